The number of aromatic hydroxyl groups is 1. The SMILES string of the molecule is CC(C)CCC[C@@H](C)[C@H]1CC[C@H]2[C@@H]3CC=C4CC(OC(=O)[C@H](CCCCNC(=O)OC(C)(C)C)NC(=O)[C@H](Cc5ccc(O)cc5)NC(=O)[C@H](C)NC(=O)[C@@H]5CCCN5C(=O)c5ccc[n+](C)c5)CC[C@]4(C)[C@H]3CC[C@]12C. The number of carbonyl (C=O) groups excluding carboxylic acids is 6. The summed E-state index contributed by atoms with van der Waals surface area (Å²) in [5, 5.41) is 21.4. The number of ether oxygens (including phenoxy) is 2. The van der Waals surface area contributed by atoms with Crippen molar-refractivity contribution in [3.05, 3.63) is 71.6 Å². The molecule has 1 aromatic carbocycles. The fraction of sp³-hybridized carbons (Fsp3) is 0.694. The molecule has 4 aliphatic carbocycles. The van der Waals surface area contributed by atoms with E-state index in [1.54, 1.807) is 55.8 Å². The quantitative estimate of drug-likeness (QED) is 0.0351. The van der Waals surface area contributed by atoms with Gasteiger partial charge in [0.1, 0.15) is 54.2 Å². The zero-order valence-corrected chi connectivity index (χ0v) is 48.1. The molecular weight excluding hydrogens is 973 g/mol. The summed E-state index contributed by atoms with van der Waals surface area (Å²) in [5.74, 6) is 1.78. The van der Waals surface area contributed by atoms with E-state index in [9.17, 15) is 33.9 Å². The van der Waals surface area contributed by atoms with Crippen molar-refractivity contribution in [3.63, 3.8) is 0 Å². The molecule has 1 unspecified atom stereocenters. The molecule has 5 N–H and O–H groups in total. The number of aromatic nitrogens is 1. The molecule has 424 valence electrons. The number of nitrogens with one attached hydrogen (secondary N) is 4. The van der Waals surface area contributed by atoms with Crippen molar-refractivity contribution in [2.24, 2.45) is 53.4 Å². The Hall–Kier alpha value is -5.47. The summed E-state index contributed by atoms with van der Waals surface area (Å²) in [6.45, 7) is 19.9. The summed E-state index contributed by atoms with van der Waals surface area (Å²) >= 11 is 0. The predicted octanol–water partition coefficient (Wildman–Crippen LogP) is 9.19. The van der Waals surface area contributed by atoms with Gasteiger partial charge in [-0.05, 0) is 175 Å². The number of benzene rings is 1. The van der Waals surface area contributed by atoms with E-state index >= 15 is 0 Å². The highest BCUT2D eigenvalue weighted by Gasteiger charge is 2.59. The van der Waals surface area contributed by atoms with E-state index in [4.69, 9.17) is 9.47 Å². The molecule has 12 atom stereocenters. The molecule has 4 fully saturated rings. The highest BCUT2D eigenvalue weighted by Crippen LogP contribution is 2.67. The molecule has 7 rings (SSSR count). The molecule has 0 radical (unpaired) electrons. The lowest BCUT2D eigenvalue weighted by Gasteiger charge is -2.58. The summed E-state index contributed by atoms with van der Waals surface area (Å²) < 4.78 is 13.6. The number of phenolic OH excluding ortho intramolecular Hbond substituents is 1. The number of allylic oxidation sites excluding steroid dienone is 1. The van der Waals surface area contributed by atoms with Gasteiger partial charge in [0, 0.05) is 32.0 Å². The third-order valence-corrected chi connectivity index (χ3v) is 18.5. The van der Waals surface area contributed by atoms with Gasteiger partial charge in [-0.2, -0.15) is 0 Å². The molecule has 0 spiro atoms. The van der Waals surface area contributed by atoms with Gasteiger partial charge < -0.3 is 40.7 Å². The number of rotatable bonds is 21. The lowest BCUT2D eigenvalue weighted by Crippen LogP contribution is -2.57. The second-order valence-electron chi connectivity index (χ2n) is 25.7. The molecule has 1 aromatic heterocycles. The molecular formula is C62H93N6O9+. The van der Waals surface area contributed by atoms with E-state index in [-0.39, 0.29) is 36.0 Å². The first kappa shape index (κ1) is 59.2. The highest BCUT2D eigenvalue weighted by molar-refractivity contribution is 5.99. The number of alkyl carbamates (subject to hydrolysis) is 1. The van der Waals surface area contributed by atoms with Crippen molar-refractivity contribution in [1.29, 1.82) is 0 Å². The van der Waals surface area contributed by atoms with Crippen LogP contribution in [0.2, 0.25) is 0 Å². The second kappa shape index (κ2) is 25.5. The number of hydrogen-bond acceptors (Lipinski definition) is 9. The lowest BCUT2D eigenvalue weighted by molar-refractivity contribution is -0.671. The summed E-state index contributed by atoms with van der Waals surface area (Å²) in [4.78, 5) is 84.4. The number of amides is 5. The van der Waals surface area contributed by atoms with E-state index < -0.39 is 59.6 Å². The zero-order chi connectivity index (χ0) is 55.8. The predicted molar refractivity (Wildman–Crippen MR) is 296 cm³/mol. The summed E-state index contributed by atoms with van der Waals surface area (Å²) in [6.07, 6.45) is 19.9. The zero-order valence-electron chi connectivity index (χ0n) is 48.1. The Balaban J connectivity index is 1.02. The van der Waals surface area contributed by atoms with Crippen LogP contribution in [-0.4, -0.2) is 94.7 Å². The largest absolute Gasteiger partial charge is 0.508 e. The minimum absolute atomic E-state index is 0.00894. The number of aryl methyl sites for hydroxylation is 1. The standard InChI is InChI=1S/C62H92N6O9/c1-39(2)16-13-17-40(3)48-27-28-49-47-26-23-44-37-46(29-31-61(44,8)50(47)30-32-62(48,49)9)76-58(74)51(19-11-12-33-63-59(75)77-60(5,6)7)65-55(71)52(36-42-21-24-45(69)25-22-42)66-54(70)41(4)64-56(72)53-20-15-35-68(53)57(73)43-18-14-34-67(10)38-43/h14,18,21-25,34,38-41,46-53H,11-13,15-17,19-20,26-33,35-37H2,1-10H3,(H4-,63,64,65,66,69,70,71,72,75)/p+1/t40-,41+,46?,47+,48-,49+,50+,51+,52+,53+,61+,62-/m1/s1. The van der Waals surface area contributed by atoms with Crippen LogP contribution in [0.25, 0.3) is 0 Å². The van der Waals surface area contributed by atoms with Crippen LogP contribution in [0.3, 0.4) is 0 Å². The molecule has 5 aliphatic rings. The van der Waals surface area contributed by atoms with Gasteiger partial charge in [-0.25, -0.2) is 14.2 Å². The van der Waals surface area contributed by atoms with Gasteiger partial charge in [0.15, 0.2) is 12.4 Å². The molecule has 1 saturated heterocycles. The summed E-state index contributed by atoms with van der Waals surface area (Å²) in [5.41, 5.74) is 2.26. The van der Waals surface area contributed by atoms with E-state index in [2.05, 4.69) is 62.0 Å². The highest BCUT2D eigenvalue weighted by atomic mass is 16.6. The Morgan fingerprint density at radius 3 is 2.29 bits per heavy atom. The van der Waals surface area contributed by atoms with Crippen LogP contribution in [0.1, 0.15) is 181 Å². The third kappa shape index (κ3) is 14.8. The lowest BCUT2D eigenvalue weighted by atomic mass is 9.47. The number of nitrogens with zero attached hydrogens (tertiary/aromatic N) is 2. The number of carbonyl (C=O) groups is 6. The Bertz CT molecular complexity index is 2440. The van der Waals surface area contributed by atoms with Gasteiger partial charge in [-0.1, -0.05) is 77.7 Å². The number of pyridine rings is 1. The van der Waals surface area contributed by atoms with E-state index in [0.717, 1.165) is 42.9 Å². The van der Waals surface area contributed by atoms with Gasteiger partial charge in [0.25, 0.3) is 5.91 Å². The van der Waals surface area contributed by atoms with Gasteiger partial charge in [0.05, 0.1) is 0 Å². The average Bonchev–Trinajstić information content (AvgIpc) is 4.04. The van der Waals surface area contributed by atoms with Crippen LogP contribution < -0.4 is 25.8 Å². The van der Waals surface area contributed by atoms with Gasteiger partial charge in [-0.15, -0.1) is 0 Å². The minimum Gasteiger partial charge on any atom is -0.508 e. The van der Waals surface area contributed by atoms with Crippen LogP contribution in [0.15, 0.2) is 60.4 Å². The van der Waals surface area contributed by atoms with Crippen LogP contribution in [0, 0.1) is 46.3 Å². The number of esters is 1. The molecule has 15 nitrogen and oxygen atoms in total. The Labute approximate surface area is 459 Å². The third-order valence-electron chi connectivity index (χ3n) is 18.5. The molecule has 15 heteroatoms. The number of unbranched alkanes of at least 4 members (excludes halogenated alkanes) is 1. The Morgan fingerprint density at radius 1 is 0.831 bits per heavy atom. The van der Waals surface area contributed by atoms with Crippen molar-refractivity contribution < 1.29 is 47.9 Å². The molecule has 3 saturated carbocycles. The first-order chi connectivity index (χ1) is 36.4. The normalized spacial score (nSPS) is 27.4. The molecule has 2 heterocycles. The molecule has 2 aromatic rings. The summed E-state index contributed by atoms with van der Waals surface area (Å²) in [7, 11) is 1.82. The Morgan fingerprint density at radius 2 is 1.57 bits per heavy atom. The number of fused-ring (bicyclic) bond motifs is 5. The van der Waals surface area contributed by atoms with Crippen molar-refractivity contribution in [1.82, 2.24) is 26.2 Å². The number of hydrogen-bond donors (Lipinski definition) is 5. The van der Waals surface area contributed by atoms with Crippen LogP contribution in [0.4, 0.5) is 4.79 Å². The maximum atomic E-state index is 14.6. The van der Waals surface area contributed by atoms with Gasteiger partial charge >= 0.3 is 12.1 Å². The molecule has 77 heavy (non-hydrogen) atoms. The maximum absolute atomic E-state index is 14.6. The Kier molecular flexibility index (Phi) is 19.6. The minimum atomic E-state index is -1.20. The number of phenols is 1. The smallest absolute Gasteiger partial charge is 0.407 e. The van der Waals surface area contributed by atoms with Crippen molar-refractivity contribution in [2.45, 2.75) is 207 Å². The van der Waals surface area contributed by atoms with Crippen LogP contribution in [0.5, 0.6) is 5.75 Å². The van der Waals surface area contributed by atoms with Gasteiger partial charge in [0.2, 0.25) is 17.7 Å². The first-order valence-corrected chi connectivity index (χ1v) is 29.3. The first-order valence-electron chi connectivity index (χ1n) is 29.3. The maximum Gasteiger partial charge on any atom is 0.407 e. The van der Waals surface area contributed by atoms with Crippen molar-refractivity contribution in [2.75, 3.05) is 13.1 Å². The van der Waals surface area contributed by atoms with Crippen LogP contribution in [-0.2, 0) is 42.1 Å². The summed E-state index contributed by atoms with van der Waals surface area (Å²) in [6, 6.07) is 5.62. The fourth-order valence-corrected chi connectivity index (χ4v) is 14.4. The van der Waals surface area contributed by atoms with E-state index in [1.807, 2.05) is 13.2 Å². The van der Waals surface area contributed by atoms with E-state index in [1.165, 1.54) is 74.5 Å². The molecule has 1 aliphatic heterocycles. The number of likely N-dealkylation sites (tertiary alicyclic amines) is 1. The van der Waals surface area contributed by atoms with Crippen LogP contribution >= 0.6 is 0 Å². The van der Waals surface area contributed by atoms with Crippen molar-refractivity contribution in [3.8, 4) is 5.75 Å². The monoisotopic (exact) mass is 1070 g/mol. The molecule has 5 amide bonds. The molecule has 0 bridgehead atoms. The van der Waals surface area contributed by atoms with Crippen molar-refractivity contribution >= 4 is 35.7 Å². The second-order valence-corrected chi connectivity index (χ2v) is 25.7. The average molecular weight is 1070 g/mol. The fourth-order valence-electron chi connectivity index (χ4n) is 14.4. The van der Waals surface area contributed by atoms with Gasteiger partial charge in [-0.3, -0.25) is 19.2 Å². The topological polar surface area (TPSA) is 196 Å². The van der Waals surface area contributed by atoms with E-state index in [0.29, 0.717) is 73.6 Å².